The smallest absolute Gasteiger partial charge is 0.242 e. The second-order valence-corrected chi connectivity index (χ2v) is 6.00. The van der Waals surface area contributed by atoms with Crippen LogP contribution in [0.15, 0.2) is 60.7 Å². The van der Waals surface area contributed by atoms with Crippen molar-refractivity contribution in [3.05, 3.63) is 71.8 Å². The molecule has 0 radical (unpaired) electrons. The van der Waals surface area contributed by atoms with E-state index in [1.165, 1.54) is 0 Å². The van der Waals surface area contributed by atoms with Crippen LogP contribution in [0.4, 0.5) is 0 Å². The Labute approximate surface area is 148 Å². The molecule has 2 amide bonds. The Morgan fingerprint density at radius 3 is 2.04 bits per heavy atom. The van der Waals surface area contributed by atoms with E-state index in [0.29, 0.717) is 12.8 Å². The van der Waals surface area contributed by atoms with Gasteiger partial charge in [0.2, 0.25) is 11.8 Å². The van der Waals surface area contributed by atoms with Gasteiger partial charge in [-0.3, -0.25) is 9.59 Å². The van der Waals surface area contributed by atoms with Gasteiger partial charge >= 0.3 is 0 Å². The van der Waals surface area contributed by atoms with Gasteiger partial charge in [-0.2, -0.15) is 0 Å². The van der Waals surface area contributed by atoms with Crippen molar-refractivity contribution in [3.63, 3.8) is 0 Å². The van der Waals surface area contributed by atoms with E-state index in [-0.39, 0.29) is 11.8 Å². The van der Waals surface area contributed by atoms with Gasteiger partial charge < -0.3 is 16.4 Å². The lowest BCUT2D eigenvalue weighted by Crippen LogP contribution is -2.52. The average molecular weight is 339 g/mol. The summed E-state index contributed by atoms with van der Waals surface area (Å²) in [7, 11) is 1.56. The zero-order valence-corrected chi connectivity index (χ0v) is 14.4. The predicted molar refractivity (Wildman–Crippen MR) is 98.9 cm³/mol. The highest BCUT2D eigenvalue weighted by Gasteiger charge is 2.23. The van der Waals surface area contributed by atoms with Crippen LogP contribution in [0.25, 0.3) is 0 Å². The fraction of sp³-hybridized carbons (Fsp3) is 0.300. The van der Waals surface area contributed by atoms with Gasteiger partial charge in [0.25, 0.3) is 0 Å². The first-order chi connectivity index (χ1) is 12.1. The van der Waals surface area contributed by atoms with Crippen molar-refractivity contribution in [3.8, 4) is 0 Å². The number of hydrogen-bond acceptors (Lipinski definition) is 3. The van der Waals surface area contributed by atoms with Gasteiger partial charge in [-0.1, -0.05) is 60.7 Å². The summed E-state index contributed by atoms with van der Waals surface area (Å²) in [5.41, 5.74) is 8.12. The van der Waals surface area contributed by atoms with Crippen molar-refractivity contribution in [1.82, 2.24) is 10.6 Å². The summed E-state index contributed by atoms with van der Waals surface area (Å²) in [5.74, 6) is -0.534. The summed E-state index contributed by atoms with van der Waals surface area (Å²) in [6.07, 6.45) is 1.68. The first-order valence-electron chi connectivity index (χ1n) is 8.45. The predicted octanol–water partition coefficient (Wildman–Crippen LogP) is 1.42. The Balaban J connectivity index is 1.92. The Hall–Kier alpha value is -2.66. The molecule has 2 aromatic rings. The van der Waals surface area contributed by atoms with E-state index in [9.17, 15) is 9.59 Å². The van der Waals surface area contributed by atoms with Crippen molar-refractivity contribution < 1.29 is 9.59 Å². The van der Waals surface area contributed by atoms with Crippen LogP contribution in [0.3, 0.4) is 0 Å². The number of carbonyl (C=O) groups is 2. The van der Waals surface area contributed by atoms with Gasteiger partial charge in [0.15, 0.2) is 0 Å². The minimum absolute atomic E-state index is 0.229. The fourth-order valence-corrected chi connectivity index (χ4v) is 2.61. The van der Waals surface area contributed by atoms with E-state index < -0.39 is 12.1 Å². The Morgan fingerprint density at radius 2 is 1.48 bits per heavy atom. The molecular weight excluding hydrogens is 314 g/mol. The normalized spacial score (nSPS) is 12.9. The maximum Gasteiger partial charge on any atom is 0.242 e. The molecule has 132 valence electrons. The number of amides is 2. The minimum atomic E-state index is -0.650. The van der Waals surface area contributed by atoms with Crippen molar-refractivity contribution in [2.24, 2.45) is 5.73 Å². The first kappa shape index (κ1) is 18.7. The second-order valence-electron chi connectivity index (χ2n) is 6.00. The van der Waals surface area contributed by atoms with E-state index >= 15 is 0 Å². The molecule has 2 aromatic carbocycles. The fourth-order valence-electron chi connectivity index (χ4n) is 2.61. The molecule has 0 aliphatic carbocycles. The molecule has 4 N–H and O–H groups in total. The van der Waals surface area contributed by atoms with E-state index in [1.54, 1.807) is 7.05 Å². The molecule has 0 fully saturated rings. The Kier molecular flexibility index (Phi) is 7.16. The van der Waals surface area contributed by atoms with Gasteiger partial charge in [-0.15, -0.1) is 0 Å². The van der Waals surface area contributed by atoms with Crippen molar-refractivity contribution in [2.75, 3.05) is 7.05 Å². The van der Waals surface area contributed by atoms with Crippen LogP contribution in [0.5, 0.6) is 0 Å². The molecule has 0 bridgehead atoms. The lowest BCUT2D eigenvalue weighted by Gasteiger charge is -2.20. The SMILES string of the molecule is CNC(=O)[C@H](Cc1ccccc1)NC(=O)[C@@H](N)CCc1ccccc1. The third kappa shape index (κ3) is 6.04. The van der Waals surface area contributed by atoms with E-state index in [1.807, 2.05) is 60.7 Å². The Bertz CT molecular complexity index is 674. The number of hydrogen-bond donors (Lipinski definition) is 3. The number of nitrogens with two attached hydrogens (primary N) is 1. The maximum absolute atomic E-state index is 12.4. The number of carbonyl (C=O) groups excluding carboxylic acids is 2. The molecule has 0 aliphatic rings. The lowest BCUT2D eigenvalue weighted by molar-refractivity contribution is -0.129. The molecule has 0 aromatic heterocycles. The van der Waals surface area contributed by atoms with Gasteiger partial charge in [0.1, 0.15) is 6.04 Å². The molecule has 0 spiro atoms. The Morgan fingerprint density at radius 1 is 0.920 bits per heavy atom. The summed E-state index contributed by atoms with van der Waals surface area (Å²) < 4.78 is 0. The molecular formula is C20H25N3O2. The van der Waals surface area contributed by atoms with Gasteiger partial charge in [-0.25, -0.2) is 0 Å². The number of likely N-dealkylation sites (N-methyl/N-ethyl adjacent to an activating group) is 1. The lowest BCUT2D eigenvalue weighted by atomic mass is 10.0. The van der Waals surface area contributed by atoms with Crippen LogP contribution >= 0.6 is 0 Å². The molecule has 0 aliphatic heterocycles. The average Bonchev–Trinajstić information content (AvgIpc) is 2.66. The first-order valence-corrected chi connectivity index (χ1v) is 8.45. The highest BCUT2D eigenvalue weighted by atomic mass is 16.2. The molecule has 0 unspecified atom stereocenters. The van der Waals surface area contributed by atoms with E-state index in [4.69, 9.17) is 5.73 Å². The second kappa shape index (κ2) is 9.59. The van der Waals surface area contributed by atoms with Crippen molar-refractivity contribution in [1.29, 1.82) is 0 Å². The molecule has 5 nitrogen and oxygen atoms in total. The van der Waals surface area contributed by atoms with Gasteiger partial charge in [0, 0.05) is 13.5 Å². The minimum Gasteiger partial charge on any atom is -0.357 e. The molecule has 2 atom stereocenters. The number of aryl methyl sites for hydroxylation is 1. The van der Waals surface area contributed by atoms with Crippen LogP contribution in [0, 0.1) is 0 Å². The quantitative estimate of drug-likeness (QED) is 0.680. The largest absolute Gasteiger partial charge is 0.357 e. The summed E-state index contributed by atoms with van der Waals surface area (Å²) >= 11 is 0. The van der Waals surface area contributed by atoms with E-state index in [0.717, 1.165) is 17.5 Å². The summed E-state index contributed by atoms with van der Waals surface area (Å²) in [6, 6.07) is 18.2. The highest BCUT2D eigenvalue weighted by Crippen LogP contribution is 2.06. The van der Waals surface area contributed by atoms with Gasteiger partial charge in [0.05, 0.1) is 6.04 Å². The third-order valence-corrected chi connectivity index (χ3v) is 4.09. The van der Waals surface area contributed by atoms with E-state index in [2.05, 4.69) is 10.6 Å². The maximum atomic E-state index is 12.4. The summed E-state index contributed by atoms with van der Waals surface area (Å²) in [6.45, 7) is 0. The molecule has 0 saturated carbocycles. The highest BCUT2D eigenvalue weighted by molar-refractivity contribution is 5.89. The number of benzene rings is 2. The zero-order valence-electron chi connectivity index (χ0n) is 14.4. The monoisotopic (exact) mass is 339 g/mol. The van der Waals surface area contributed by atoms with Crippen LogP contribution in [0.2, 0.25) is 0 Å². The standard InChI is InChI=1S/C20H25N3O2/c1-22-20(25)18(14-16-10-6-3-7-11-16)23-19(24)17(21)13-12-15-8-4-2-5-9-15/h2-11,17-18H,12-14,21H2,1H3,(H,22,25)(H,23,24)/t17-,18-/m0/s1. The third-order valence-electron chi connectivity index (χ3n) is 4.09. The molecule has 25 heavy (non-hydrogen) atoms. The van der Waals surface area contributed by atoms with Crippen LogP contribution in [-0.4, -0.2) is 30.9 Å². The molecule has 0 heterocycles. The number of rotatable bonds is 8. The topological polar surface area (TPSA) is 84.2 Å². The van der Waals surface area contributed by atoms with Crippen LogP contribution in [-0.2, 0) is 22.4 Å². The van der Waals surface area contributed by atoms with Crippen LogP contribution < -0.4 is 16.4 Å². The van der Waals surface area contributed by atoms with Gasteiger partial charge in [-0.05, 0) is 24.0 Å². The summed E-state index contributed by atoms with van der Waals surface area (Å²) in [5, 5.41) is 5.37. The summed E-state index contributed by atoms with van der Waals surface area (Å²) in [4.78, 5) is 24.5. The number of nitrogens with one attached hydrogen (secondary N) is 2. The molecule has 0 saturated heterocycles. The van der Waals surface area contributed by atoms with Crippen molar-refractivity contribution in [2.45, 2.75) is 31.3 Å². The molecule has 5 heteroatoms. The van der Waals surface area contributed by atoms with Crippen molar-refractivity contribution >= 4 is 11.8 Å². The zero-order chi connectivity index (χ0) is 18.1. The molecule has 2 rings (SSSR count). The van der Waals surface area contributed by atoms with Crippen LogP contribution in [0.1, 0.15) is 17.5 Å².